The molecule has 8 nitrogen and oxygen atoms in total. The van der Waals surface area contributed by atoms with Crippen LogP contribution >= 0.6 is 0 Å². The van der Waals surface area contributed by atoms with E-state index in [1.165, 1.54) is 24.3 Å². The summed E-state index contributed by atoms with van der Waals surface area (Å²) in [6.45, 7) is 0.324. The van der Waals surface area contributed by atoms with E-state index in [1.54, 1.807) is 0 Å². The van der Waals surface area contributed by atoms with E-state index >= 15 is 0 Å². The average molecular weight is 497 g/mol. The Kier molecular flexibility index (Phi) is 8.17. The number of nitrogens with one attached hydrogen (secondary N) is 2. The van der Waals surface area contributed by atoms with Gasteiger partial charge in [0, 0.05) is 12.1 Å². The normalized spacial score (nSPS) is 11.7. The smallest absolute Gasteiger partial charge is 0.423 e. The van der Waals surface area contributed by atoms with Gasteiger partial charge >= 0.3 is 7.12 Å². The van der Waals surface area contributed by atoms with Crippen LogP contribution in [0.25, 0.3) is 21.5 Å². The van der Waals surface area contributed by atoms with Crippen LogP contribution in [0.15, 0.2) is 78.9 Å². The van der Waals surface area contributed by atoms with Crippen molar-refractivity contribution >= 4 is 51.8 Å². The van der Waals surface area contributed by atoms with Crippen LogP contribution in [-0.2, 0) is 16.0 Å². The number of nitrogens with two attached hydrogens (primary N) is 1. The molecular weight excluding hydrogens is 469 g/mol. The fourth-order valence-electron chi connectivity index (χ4n) is 4.39. The first kappa shape index (κ1) is 25.9. The molecule has 4 aromatic rings. The number of primary amides is 1. The fourth-order valence-corrected chi connectivity index (χ4v) is 4.39. The zero-order chi connectivity index (χ0) is 26.4. The van der Waals surface area contributed by atoms with Gasteiger partial charge in [0.1, 0.15) is 6.04 Å². The molecule has 0 radical (unpaired) electrons. The lowest BCUT2D eigenvalue weighted by Crippen LogP contribution is -2.45. The Morgan fingerprint density at radius 3 is 2.03 bits per heavy atom. The summed E-state index contributed by atoms with van der Waals surface area (Å²) < 4.78 is 0. The topological polar surface area (TPSA) is 142 Å². The molecule has 0 aliphatic rings. The predicted molar refractivity (Wildman–Crippen MR) is 144 cm³/mol. The molecule has 0 heterocycles. The first-order valence-corrected chi connectivity index (χ1v) is 12.1. The van der Waals surface area contributed by atoms with Crippen molar-refractivity contribution in [3.63, 3.8) is 0 Å². The number of carbonyl (C=O) groups excluding carboxylic acids is 3. The van der Waals surface area contributed by atoms with Crippen molar-refractivity contribution < 1.29 is 24.4 Å². The lowest BCUT2D eigenvalue weighted by molar-refractivity contribution is -0.120. The largest absolute Gasteiger partial charge is 0.488 e. The summed E-state index contributed by atoms with van der Waals surface area (Å²) in [6.07, 6.45) is 0.911. The number of hydrogen-bond acceptors (Lipinski definition) is 5. The Balaban J connectivity index is 1.33. The summed E-state index contributed by atoms with van der Waals surface area (Å²) in [5.41, 5.74) is 6.94. The average Bonchev–Trinajstić information content (AvgIpc) is 2.90. The SMILES string of the molecule is NC(=O)C(CCCNC(=O)Cc1c2ccccc2cc2ccccc12)NC(=O)c1ccc(B(O)O)cc1. The molecule has 0 saturated carbocycles. The molecule has 0 aliphatic heterocycles. The second-order valence-corrected chi connectivity index (χ2v) is 8.89. The molecule has 4 aromatic carbocycles. The van der Waals surface area contributed by atoms with Crippen molar-refractivity contribution in [3.8, 4) is 0 Å². The van der Waals surface area contributed by atoms with Gasteiger partial charge in [-0.25, -0.2) is 0 Å². The van der Waals surface area contributed by atoms with Crippen LogP contribution < -0.4 is 21.8 Å². The number of amides is 3. The van der Waals surface area contributed by atoms with Gasteiger partial charge in [-0.1, -0.05) is 60.7 Å². The maximum atomic E-state index is 12.8. The Bertz CT molecular complexity index is 1390. The monoisotopic (exact) mass is 497 g/mol. The van der Waals surface area contributed by atoms with Crippen molar-refractivity contribution in [2.45, 2.75) is 25.3 Å². The maximum Gasteiger partial charge on any atom is 0.488 e. The van der Waals surface area contributed by atoms with Crippen LogP contribution in [0.4, 0.5) is 0 Å². The number of rotatable bonds is 10. The Labute approximate surface area is 214 Å². The third kappa shape index (κ3) is 6.33. The van der Waals surface area contributed by atoms with Gasteiger partial charge in [-0.15, -0.1) is 0 Å². The van der Waals surface area contributed by atoms with Gasteiger partial charge in [0.05, 0.1) is 6.42 Å². The van der Waals surface area contributed by atoms with Crippen molar-refractivity contribution in [2.75, 3.05) is 6.54 Å². The van der Waals surface area contributed by atoms with E-state index < -0.39 is 25.0 Å². The first-order valence-electron chi connectivity index (χ1n) is 12.1. The molecule has 0 fully saturated rings. The van der Waals surface area contributed by atoms with Crippen LogP contribution in [0, 0.1) is 0 Å². The highest BCUT2D eigenvalue weighted by molar-refractivity contribution is 6.58. The maximum absolute atomic E-state index is 12.8. The quantitative estimate of drug-likeness (QED) is 0.128. The minimum Gasteiger partial charge on any atom is -0.423 e. The predicted octanol–water partition coefficient (Wildman–Crippen LogP) is 1.40. The Hall–Kier alpha value is -4.21. The van der Waals surface area contributed by atoms with Gasteiger partial charge in [0.15, 0.2) is 0 Å². The number of hydrogen-bond donors (Lipinski definition) is 5. The van der Waals surface area contributed by atoms with E-state index in [0.717, 1.165) is 27.1 Å². The van der Waals surface area contributed by atoms with Crippen LogP contribution in [0.2, 0.25) is 0 Å². The summed E-state index contributed by atoms with van der Waals surface area (Å²) in [5.74, 6) is -1.31. The molecule has 188 valence electrons. The highest BCUT2D eigenvalue weighted by atomic mass is 16.4. The van der Waals surface area contributed by atoms with Gasteiger partial charge in [0.2, 0.25) is 11.8 Å². The minimum absolute atomic E-state index is 0.132. The van der Waals surface area contributed by atoms with E-state index in [9.17, 15) is 24.4 Å². The molecule has 6 N–H and O–H groups in total. The van der Waals surface area contributed by atoms with Crippen molar-refractivity contribution in [1.29, 1.82) is 0 Å². The van der Waals surface area contributed by atoms with Crippen molar-refractivity contribution in [2.24, 2.45) is 5.73 Å². The zero-order valence-electron chi connectivity index (χ0n) is 20.2. The summed E-state index contributed by atoms with van der Waals surface area (Å²) in [4.78, 5) is 37.2. The third-order valence-electron chi connectivity index (χ3n) is 6.33. The molecule has 1 atom stereocenters. The molecule has 0 saturated heterocycles. The molecule has 37 heavy (non-hydrogen) atoms. The molecule has 1 unspecified atom stereocenters. The highest BCUT2D eigenvalue weighted by Gasteiger charge is 2.20. The summed E-state index contributed by atoms with van der Waals surface area (Å²) >= 11 is 0. The van der Waals surface area contributed by atoms with E-state index in [0.29, 0.717) is 13.0 Å². The molecular formula is C28H28BN3O5. The second-order valence-electron chi connectivity index (χ2n) is 8.89. The van der Waals surface area contributed by atoms with Crippen LogP contribution in [0.1, 0.15) is 28.8 Å². The van der Waals surface area contributed by atoms with E-state index in [1.807, 2.05) is 48.5 Å². The summed E-state index contributed by atoms with van der Waals surface area (Å²) in [6, 6.07) is 22.9. The van der Waals surface area contributed by atoms with E-state index in [2.05, 4.69) is 16.7 Å². The van der Waals surface area contributed by atoms with Crippen LogP contribution in [-0.4, -0.2) is 47.5 Å². The van der Waals surface area contributed by atoms with Crippen molar-refractivity contribution in [1.82, 2.24) is 10.6 Å². The molecule has 0 aromatic heterocycles. The highest BCUT2D eigenvalue weighted by Crippen LogP contribution is 2.28. The third-order valence-corrected chi connectivity index (χ3v) is 6.33. The Morgan fingerprint density at radius 2 is 1.46 bits per heavy atom. The van der Waals surface area contributed by atoms with Gasteiger partial charge in [0.25, 0.3) is 5.91 Å². The molecule has 0 bridgehead atoms. The van der Waals surface area contributed by atoms with Gasteiger partial charge in [-0.2, -0.15) is 0 Å². The van der Waals surface area contributed by atoms with Crippen molar-refractivity contribution in [3.05, 3.63) is 90.0 Å². The van der Waals surface area contributed by atoms with Crippen LogP contribution in [0.5, 0.6) is 0 Å². The van der Waals surface area contributed by atoms with Gasteiger partial charge in [-0.05, 0) is 63.6 Å². The second kappa shape index (κ2) is 11.7. The fraction of sp³-hybridized carbons (Fsp3) is 0.179. The molecule has 0 aliphatic carbocycles. The van der Waals surface area contributed by atoms with Gasteiger partial charge in [-0.3, -0.25) is 14.4 Å². The lowest BCUT2D eigenvalue weighted by Gasteiger charge is -2.16. The zero-order valence-corrected chi connectivity index (χ0v) is 20.2. The molecule has 9 heteroatoms. The summed E-state index contributed by atoms with van der Waals surface area (Å²) in [5, 5.41) is 28.1. The summed E-state index contributed by atoms with van der Waals surface area (Å²) in [7, 11) is -1.63. The lowest BCUT2D eigenvalue weighted by atomic mass is 9.80. The number of benzene rings is 4. The first-order chi connectivity index (χ1) is 17.8. The molecule has 0 spiro atoms. The molecule has 3 amide bonds. The van der Waals surface area contributed by atoms with E-state index in [4.69, 9.17) is 5.73 Å². The minimum atomic E-state index is -1.63. The van der Waals surface area contributed by atoms with Gasteiger partial charge < -0.3 is 26.4 Å². The number of carbonyl (C=O) groups is 3. The standard InChI is InChI=1S/C28H28BN3O5/c30-27(34)25(32-28(35)18-11-13-21(14-12-18)29(36)37)10-5-15-31-26(33)17-24-22-8-3-1-6-19(22)16-20-7-2-4-9-23(20)24/h1-4,6-9,11-14,16,25,36-37H,5,10,15,17H2,(H2,30,34)(H,31,33)(H,32,35). The van der Waals surface area contributed by atoms with E-state index in [-0.39, 0.29) is 29.8 Å². The molecule has 4 rings (SSSR count). The number of fused-ring (bicyclic) bond motifs is 2. The van der Waals surface area contributed by atoms with Crippen LogP contribution in [0.3, 0.4) is 0 Å². The Morgan fingerprint density at radius 1 is 0.865 bits per heavy atom.